The van der Waals surface area contributed by atoms with Gasteiger partial charge < -0.3 is 0 Å². The molecule has 1 radical (unpaired) electrons. The molecule has 0 unspecified atom stereocenters. The Morgan fingerprint density at radius 2 is 1.40 bits per heavy atom. The second-order valence-corrected chi connectivity index (χ2v) is 7.73. The Labute approximate surface area is 69.7 Å². The van der Waals surface area contributed by atoms with Crippen LogP contribution in [-0.4, -0.2) is 14.6 Å². The van der Waals surface area contributed by atoms with Gasteiger partial charge in [-0.25, -0.2) is 0 Å². The van der Waals surface area contributed by atoms with Crippen molar-refractivity contribution in [3.63, 3.8) is 0 Å². The van der Waals surface area contributed by atoms with Gasteiger partial charge >= 0.3 is 69.3 Å². The van der Waals surface area contributed by atoms with E-state index < -0.39 is 14.6 Å². The van der Waals surface area contributed by atoms with Gasteiger partial charge in [0.1, 0.15) is 0 Å². The Morgan fingerprint density at radius 3 is 1.70 bits per heavy atom. The van der Waals surface area contributed by atoms with Gasteiger partial charge in [-0.2, -0.15) is 0 Å². The average Bonchev–Trinajstić information content (AvgIpc) is 1.97. The summed E-state index contributed by atoms with van der Waals surface area (Å²) in [4.78, 5) is 0. The molecule has 0 saturated carbocycles. The van der Waals surface area contributed by atoms with Crippen LogP contribution in [0.3, 0.4) is 0 Å². The third-order valence-electron chi connectivity index (χ3n) is 1.70. The molecular formula is C8H20GeN. The van der Waals surface area contributed by atoms with Crippen LogP contribution >= 0.6 is 0 Å². The molecule has 2 N–H and O–H groups in total. The topological polar surface area (TPSA) is 26.0 Å². The Morgan fingerprint density at radius 1 is 1.00 bits per heavy atom. The monoisotopic (exact) mass is 204 g/mol. The molecule has 0 fully saturated rings. The number of nitrogens with two attached hydrogens (primary N) is 1. The first-order chi connectivity index (χ1) is 4.81. The molecule has 0 rings (SSSR count). The van der Waals surface area contributed by atoms with Crippen LogP contribution in [0.5, 0.6) is 0 Å². The van der Waals surface area contributed by atoms with E-state index in [2.05, 4.69) is 13.8 Å². The van der Waals surface area contributed by atoms with E-state index in [1.54, 1.807) is 0 Å². The van der Waals surface area contributed by atoms with E-state index in [0.717, 1.165) is 0 Å². The van der Waals surface area contributed by atoms with Gasteiger partial charge in [0.15, 0.2) is 0 Å². The summed E-state index contributed by atoms with van der Waals surface area (Å²) in [6.45, 7) is 4.48. The van der Waals surface area contributed by atoms with Crippen molar-refractivity contribution in [2.45, 2.75) is 50.0 Å². The molecule has 0 amide bonds. The Kier molecular flexibility index (Phi) is 7.99. The molecule has 0 aromatic heterocycles. The minimum absolute atomic E-state index is 0.979. The molecule has 10 heavy (non-hydrogen) atoms. The molecule has 0 aliphatic heterocycles. The summed E-state index contributed by atoms with van der Waals surface area (Å²) < 4.78 is 6.01. The van der Waals surface area contributed by atoms with E-state index in [0.29, 0.717) is 0 Å². The number of rotatable bonds is 6. The third-order valence-corrected chi connectivity index (χ3v) is 5.88. The summed E-state index contributed by atoms with van der Waals surface area (Å²) in [7, 11) is 0. The van der Waals surface area contributed by atoms with Gasteiger partial charge in [0.05, 0.1) is 0 Å². The summed E-state index contributed by atoms with van der Waals surface area (Å²) in [5.41, 5.74) is 0. The SMILES string of the molecule is CCC[CH2][Ge]([NH2])[CH2]CCC. The first-order valence-corrected chi connectivity index (χ1v) is 8.59. The van der Waals surface area contributed by atoms with E-state index in [1.165, 1.54) is 36.2 Å². The molecule has 0 aromatic rings. The van der Waals surface area contributed by atoms with Gasteiger partial charge in [0.25, 0.3) is 0 Å². The van der Waals surface area contributed by atoms with Gasteiger partial charge in [-0.1, -0.05) is 0 Å². The quantitative estimate of drug-likeness (QED) is 0.659. The van der Waals surface area contributed by atoms with Crippen LogP contribution in [0.2, 0.25) is 10.5 Å². The maximum absolute atomic E-state index is 6.01. The molecule has 0 aliphatic rings. The molecule has 2 heteroatoms. The molecule has 0 bridgehead atoms. The van der Waals surface area contributed by atoms with Crippen molar-refractivity contribution < 1.29 is 0 Å². The van der Waals surface area contributed by atoms with E-state index in [9.17, 15) is 0 Å². The predicted octanol–water partition coefficient (Wildman–Crippen LogP) is 2.54. The first-order valence-electron chi connectivity index (χ1n) is 4.41. The third kappa shape index (κ3) is 6.62. The van der Waals surface area contributed by atoms with Crippen LogP contribution in [0.4, 0.5) is 0 Å². The molecule has 0 heterocycles. The van der Waals surface area contributed by atoms with Gasteiger partial charge in [-0.3, -0.25) is 0 Å². The fourth-order valence-corrected chi connectivity index (χ4v) is 4.85. The summed E-state index contributed by atoms with van der Waals surface area (Å²) in [5, 5.41) is 2.77. The van der Waals surface area contributed by atoms with Crippen LogP contribution in [0, 0.1) is 0 Å². The standard InChI is InChI=1S/C8H20GeN/c1-3-5-7-9(10)8-6-4-2/h3-8,10H2,1-2H3. The van der Waals surface area contributed by atoms with Crippen LogP contribution in [-0.2, 0) is 0 Å². The fraction of sp³-hybridized carbons (Fsp3) is 1.00. The zero-order valence-corrected chi connectivity index (χ0v) is 9.42. The fourth-order valence-electron chi connectivity index (χ4n) is 0.933. The van der Waals surface area contributed by atoms with Crippen LogP contribution in [0.15, 0.2) is 0 Å². The van der Waals surface area contributed by atoms with Crippen LogP contribution < -0.4 is 4.69 Å². The van der Waals surface area contributed by atoms with E-state index in [-0.39, 0.29) is 0 Å². The Balaban J connectivity index is 3.00. The van der Waals surface area contributed by atoms with Gasteiger partial charge in [0, 0.05) is 0 Å². The second-order valence-electron chi connectivity index (χ2n) is 2.87. The van der Waals surface area contributed by atoms with Crippen molar-refractivity contribution in [3.8, 4) is 0 Å². The zero-order chi connectivity index (χ0) is 7.82. The Bertz CT molecular complexity index is 58.3. The molecule has 0 aromatic carbocycles. The van der Waals surface area contributed by atoms with Crippen molar-refractivity contribution in [1.29, 1.82) is 0 Å². The number of unbranched alkanes of at least 4 members (excludes halogenated alkanes) is 2. The van der Waals surface area contributed by atoms with Crippen molar-refractivity contribution in [2.75, 3.05) is 0 Å². The normalized spacial score (nSPS) is 10.8. The van der Waals surface area contributed by atoms with E-state index in [1.807, 2.05) is 0 Å². The summed E-state index contributed by atoms with van der Waals surface area (Å²) in [6.07, 6.45) is 5.38. The zero-order valence-electron chi connectivity index (χ0n) is 7.32. The molecule has 61 valence electrons. The van der Waals surface area contributed by atoms with Gasteiger partial charge in [-0.05, 0) is 0 Å². The van der Waals surface area contributed by atoms with Crippen molar-refractivity contribution in [2.24, 2.45) is 4.69 Å². The van der Waals surface area contributed by atoms with Gasteiger partial charge in [-0.15, -0.1) is 0 Å². The van der Waals surface area contributed by atoms with E-state index in [4.69, 9.17) is 4.69 Å². The first kappa shape index (κ1) is 10.5. The predicted molar refractivity (Wildman–Crippen MR) is 49.4 cm³/mol. The summed E-state index contributed by atoms with van der Waals surface area (Å²) >= 11 is -0.979. The van der Waals surface area contributed by atoms with Crippen LogP contribution in [0.25, 0.3) is 0 Å². The maximum atomic E-state index is 6.01. The molecule has 0 aliphatic carbocycles. The van der Waals surface area contributed by atoms with Crippen molar-refractivity contribution in [1.82, 2.24) is 0 Å². The van der Waals surface area contributed by atoms with E-state index >= 15 is 0 Å². The number of hydrogen-bond donors (Lipinski definition) is 1. The molecule has 0 saturated heterocycles. The number of hydrogen-bond acceptors (Lipinski definition) is 1. The minimum atomic E-state index is -0.979. The molecule has 0 atom stereocenters. The summed E-state index contributed by atoms with van der Waals surface area (Å²) in [5.74, 6) is 0. The van der Waals surface area contributed by atoms with Gasteiger partial charge in [0.2, 0.25) is 0 Å². The van der Waals surface area contributed by atoms with Crippen LogP contribution in [0.1, 0.15) is 39.5 Å². The van der Waals surface area contributed by atoms with Crippen molar-refractivity contribution >= 4 is 14.6 Å². The summed E-state index contributed by atoms with van der Waals surface area (Å²) in [6, 6.07) is 0. The van der Waals surface area contributed by atoms with Crippen molar-refractivity contribution in [3.05, 3.63) is 0 Å². The molecule has 0 spiro atoms. The average molecular weight is 203 g/mol. The Hall–Kier alpha value is 0.503. The second kappa shape index (κ2) is 7.61. The molecular weight excluding hydrogens is 183 g/mol. The molecule has 1 nitrogen and oxygen atoms in total.